The Morgan fingerprint density at radius 3 is 1.86 bits per heavy atom. The maximum absolute atomic E-state index is 9.86. The first-order valence-electron chi connectivity index (χ1n) is 3.12. The van der Waals surface area contributed by atoms with Crippen LogP contribution in [-0.4, -0.2) is 27.1 Å². The molecule has 0 spiro atoms. The van der Waals surface area contributed by atoms with E-state index in [9.17, 15) is 9.59 Å². The summed E-state index contributed by atoms with van der Waals surface area (Å²) in [7, 11) is 0. The van der Waals surface area contributed by atoms with Gasteiger partial charge in [0.25, 0.3) is 11.9 Å². The molecule has 0 aliphatic heterocycles. The predicted molar refractivity (Wildman–Crippen MR) is 40.1 cm³/mol. The minimum atomic E-state index is -0.333. The third kappa shape index (κ3) is 2.12. The van der Waals surface area contributed by atoms with Gasteiger partial charge in [0, 0.05) is 0 Å². The Morgan fingerprint density at radius 2 is 1.50 bits per heavy atom. The molecule has 8 nitrogen and oxygen atoms in total. The second kappa shape index (κ2) is 4.33. The van der Waals surface area contributed by atoms with E-state index in [0.717, 1.165) is 0 Å². The zero-order valence-corrected chi connectivity index (χ0v) is 6.50. The van der Waals surface area contributed by atoms with Gasteiger partial charge in [0.15, 0.2) is 0 Å². The molecule has 0 aliphatic rings. The Balaban J connectivity index is 3.34. The van der Waals surface area contributed by atoms with Crippen molar-refractivity contribution in [1.29, 1.82) is 5.26 Å². The molecule has 1 heterocycles. The first kappa shape index (κ1) is 9.35. The minimum absolute atomic E-state index is 0.303. The molecule has 0 atom stereocenters. The SMILES string of the molecule is N#Cc1nc(N=C=O)nc(N=C=O)n1. The molecular weight excluding hydrogens is 188 g/mol. The molecule has 0 fully saturated rings. The number of hydrogen-bond acceptors (Lipinski definition) is 8. The van der Waals surface area contributed by atoms with E-state index >= 15 is 0 Å². The number of isocyanates is 2. The molecule has 14 heavy (non-hydrogen) atoms. The minimum Gasteiger partial charge on any atom is -0.211 e. The van der Waals surface area contributed by atoms with Crippen molar-refractivity contribution in [3.63, 3.8) is 0 Å². The number of aliphatic imine (C=N–C) groups is 2. The van der Waals surface area contributed by atoms with Crippen LogP contribution in [0.5, 0.6) is 0 Å². The molecule has 0 saturated heterocycles. The number of nitrogens with zero attached hydrogens (tertiary/aromatic N) is 6. The van der Waals surface area contributed by atoms with Gasteiger partial charge >= 0.3 is 0 Å². The molecule has 0 amide bonds. The van der Waals surface area contributed by atoms with Gasteiger partial charge in [-0.15, -0.1) is 9.98 Å². The average molecular weight is 188 g/mol. The number of aromatic nitrogens is 3. The molecule has 0 unspecified atom stereocenters. The number of carbonyl (C=O) groups excluding carboxylic acids is 2. The molecule has 1 aromatic rings. The highest BCUT2D eigenvalue weighted by Gasteiger charge is 2.03. The van der Waals surface area contributed by atoms with Crippen molar-refractivity contribution in [1.82, 2.24) is 15.0 Å². The highest BCUT2D eigenvalue weighted by atomic mass is 16.1. The number of nitriles is 1. The van der Waals surface area contributed by atoms with Gasteiger partial charge in [0.05, 0.1) is 0 Å². The molecule has 1 rings (SSSR count). The van der Waals surface area contributed by atoms with Crippen LogP contribution < -0.4 is 0 Å². The van der Waals surface area contributed by atoms with Crippen LogP contribution in [0.2, 0.25) is 0 Å². The number of hydrogen-bond donors (Lipinski definition) is 0. The summed E-state index contributed by atoms with van der Waals surface area (Å²) in [5, 5.41) is 8.44. The van der Waals surface area contributed by atoms with Gasteiger partial charge < -0.3 is 0 Å². The van der Waals surface area contributed by atoms with Gasteiger partial charge in [0.2, 0.25) is 18.0 Å². The van der Waals surface area contributed by atoms with Crippen molar-refractivity contribution in [3.8, 4) is 6.07 Å². The molecule has 0 saturated carbocycles. The predicted octanol–water partition coefficient (Wildman–Crippen LogP) is -0.322. The highest BCUT2D eigenvalue weighted by Crippen LogP contribution is 2.08. The lowest BCUT2D eigenvalue weighted by molar-refractivity contribution is 0.564. The van der Waals surface area contributed by atoms with E-state index in [1.807, 2.05) is 0 Å². The van der Waals surface area contributed by atoms with Crippen LogP contribution >= 0.6 is 0 Å². The van der Waals surface area contributed by atoms with Crippen LogP contribution in [0.3, 0.4) is 0 Å². The molecular formula is C6N6O2. The fraction of sp³-hybridized carbons (Fsp3) is 0. The Labute approximate surface area is 76.7 Å². The standard InChI is InChI=1S/C6N6O2/c7-1-4-10-5(8-2-13)12-6(11-4)9-3-14. The first-order chi connectivity index (χ1) is 6.80. The molecule has 0 radical (unpaired) electrons. The Bertz CT molecular complexity index is 455. The maximum Gasteiger partial charge on any atom is 0.266 e. The van der Waals surface area contributed by atoms with Crippen molar-refractivity contribution in [3.05, 3.63) is 5.82 Å². The largest absolute Gasteiger partial charge is 0.266 e. The second-order valence-corrected chi connectivity index (χ2v) is 1.78. The van der Waals surface area contributed by atoms with E-state index < -0.39 is 0 Å². The molecule has 0 aromatic carbocycles. The summed E-state index contributed by atoms with van der Waals surface area (Å²) in [5.41, 5.74) is 0. The summed E-state index contributed by atoms with van der Waals surface area (Å²) in [6.07, 6.45) is 2.35. The van der Waals surface area contributed by atoms with E-state index in [2.05, 4.69) is 24.9 Å². The molecule has 0 bridgehead atoms. The Hall–Kier alpha value is -2.74. The molecule has 0 aliphatic carbocycles. The average Bonchev–Trinajstić information content (AvgIpc) is 2.18. The first-order valence-corrected chi connectivity index (χ1v) is 3.12. The van der Waals surface area contributed by atoms with E-state index in [0.29, 0.717) is 0 Å². The van der Waals surface area contributed by atoms with Crippen LogP contribution in [0.1, 0.15) is 5.82 Å². The fourth-order valence-electron chi connectivity index (χ4n) is 0.586. The zero-order valence-electron chi connectivity index (χ0n) is 6.50. The van der Waals surface area contributed by atoms with E-state index in [-0.39, 0.29) is 17.7 Å². The monoisotopic (exact) mass is 188 g/mol. The molecule has 0 N–H and O–H groups in total. The van der Waals surface area contributed by atoms with E-state index in [1.165, 1.54) is 12.2 Å². The molecule has 66 valence electrons. The second-order valence-electron chi connectivity index (χ2n) is 1.78. The van der Waals surface area contributed by atoms with Crippen molar-refractivity contribution < 1.29 is 9.59 Å². The molecule has 8 heteroatoms. The molecule has 1 aromatic heterocycles. The van der Waals surface area contributed by atoms with Gasteiger partial charge in [-0.25, -0.2) is 9.59 Å². The van der Waals surface area contributed by atoms with E-state index in [4.69, 9.17) is 5.26 Å². The zero-order chi connectivity index (χ0) is 10.4. The van der Waals surface area contributed by atoms with Crippen molar-refractivity contribution in [2.24, 2.45) is 9.98 Å². The normalized spacial score (nSPS) is 7.93. The summed E-state index contributed by atoms with van der Waals surface area (Å²) in [6.45, 7) is 0. The summed E-state index contributed by atoms with van der Waals surface area (Å²) >= 11 is 0. The van der Waals surface area contributed by atoms with Crippen molar-refractivity contribution in [2.45, 2.75) is 0 Å². The third-order valence-corrected chi connectivity index (χ3v) is 1.00. The lowest BCUT2D eigenvalue weighted by Gasteiger charge is -1.91. The summed E-state index contributed by atoms with van der Waals surface area (Å²) in [5.74, 6) is -0.968. The van der Waals surface area contributed by atoms with Crippen LogP contribution in [0.4, 0.5) is 11.9 Å². The maximum atomic E-state index is 9.86. The third-order valence-electron chi connectivity index (χ3n) is 1.00. The number of rotatable bonds is 2. The van der Waals surface area contributed by atoms with Gasteiger partial charge in [-0.1, -0.05) is 0 Å². The lowest BCUT2D eigenvalue weighted by atomic mass is 10.6. The summed E-state index contributed by atoms with van der Waals surface area (Å²) in [4.78, 5) is 36.1. The Morgan fingerprint density at radius 1 is 1.00 bits per heavy atom. The van der Waals surface area contributed by atoms with Crippen LogP contribution in [-0.2, 0) is 9.59 Å². The quantitative estimate of drug-likeness (QED) is 0.462. The lowest BCUT2D eigenvalue weighted by Crippen LogP contribution is -1.92. The van der Waals surface area contributed by atoms with Crippen molar-refractivity contribution in [2.75, 3.05) is 0 Å². The van der Waals surface area contributed by atoms with Gasteiger partial charge in [-0.3, -0.25) is 0 Å². The van der Waals surface area contributed by atoms with Gasteiger partial charge in [-0.05, 0) is 0 Å². The van der Waals surface area contributed by atoms with Gasteiger partial charge in [0.1, 0.15) is 6.07 Å². The highest BCUT2D eigenvalue weighted by molar-refractivity contribution is 5.45. The Kier molecular flexibility index (Phi) is 2.89. The van der Waals surface area contributed by atoms with E-state index in [1.54, 1.807) is 6.07 Å². The van der Waals surface area contributed by atoms with Crippen LogP contribution in [0, 0.1) is 11.3 Å². The van der Waals surface area contributed by atoms with Crippen LogP contribution in [0.15, 0.2) is 9.98 Å². The topological polar surface area (TPSA) is 121 Å². The van der Waals surface area contributed by atoms with Crippen LogP contribution in [0.25, 0.3) is 0 Å². The fourth-order valence-corrected chi connectivity index (χ4v) is 0.586. The van der Waals surface area contributed by atoms with Crippen molar-refractivity contribution >= 4 is 24.1 Å². The summed E-state index contributed by atoms with van der Waals surface area (Å²) < 4.78 is 0. The van der Waals surface area contributed by atoms with Gasteiger partial charge in [-0.2, -0.15) is 20.2 Å². The summed E-state index contributed by atoms with van der Waals surface area (Å²) in [6, 6.07) is 1.58. The smallest absolute Gasteiger partial charge is 0.211 e.